The lowest BCUT2D eigenvalue weighted by Gasteiger charge is -2.17. The number of rotatable bonds is 2. The van der Waals surface area contributed by atoms with E-state index in [1.165, 1.54) is 0 Å². The van der Waals surface area contributed by atoms with E-state index in [1.807, 2.05) is 0 Å². The Balaban J connectivity index is 3.54. The lowest BCUT2D eigenvalue weighted by Crippen LogP contribution is -2.35. The lowest BCUT2D eigenvalue weighted by molar-refractivity contribution is -0.143. The predicted octanol–water partition coefficient (Wildman–Crippen LogP) is 2.80. The second-order valence-electron chi connectivity index (χ2n) is 4.22. The number of benzene rings is 1. The molecule has 1 aromatic carbocycles. The van der Waals surface area contributed by atoms with E-state index in [1.54, 1.807) is 0 Å². The molecule has 0 unspecified atom stereocenters. The summed E-state index contributed by atoms with van der Waals surface area (Å²) in [5.74, 6) is -1.90. The van der Waals surface area contributed by atoms with E-state index < -0.39 is 40.9 Å². The van der Waals surface area contributed by atoms with Crippen molar-refractivity contribution in [1.82, 2.24) is 5.01 Å². The molecule has 3 N–H and O–H groups in total. The number of hydrogen-bond acceptors (Lipinski definition) is 3. The minimum atomic E-state index is -5.07. The third-order valence-electron chi connectivity index (χ3n) is 2.55. The Morgan fingerprint density at radius 3 is 1.91 bits per heavy atom. The van der Waals surface area contributed by atoms with Crippen LogP contribution in [0.2, 0.25) is 0 Å². The van der Waals surface area contributed by atoms with Crippen molar-refractivity contribution in [2.75, 3.05) is 0 Å². The van der Waals surface area contributed by atoms with E-state index in [9.17, 15) is 31.1 Å². The summed E-state index contributed by atoms with van der Waals surface area (Å²) in [6.07, 6.45) is -9.94. The van der Waals surface area contributed by atoms with Crippen molar-refractivity contribution in [2.24, 2.45) is 10.8 Å². The van der Waals surface area contributed by atoms with E-state index in [0.29, 0.717) is 18.2 Å². The second-order valence-corrected chi connectivity index (χ2v) is 4.22. The molecule has 0 saturated carbocycles. The Bertz CT molecular complexity index is 604. The van der Waals surface area contributed by atoms with Gasteiger partial charge in [-0.15, -0.1) is 0 Å². The summed E-state index contributed by atoms with van der Waals surface area (Å²) in [7, 11) is 0. The molecule has 0 aromatic heterocycles. The fourth-order valence-corrected chi connectivity index (χ4v) is 1.63. The van der Waals surface area contributed by atoms with Gasteiger partial charge in [0.25, 0.3) is 0 Å². The molecular formula is C12H10F6N4O. The van der Waals surface area contributed by atoms with Crippen molar-refractivity contribution >= 4 is 18.1 Å². The molecule has 11 heteroatoms. The smallest absolute Gasteiger partial charge is 0.368 e. The monoisotopic (exact) mass is 340 g/mol. The minimum absolute atomic E-state index is 0.160. The summed E-state index contributed by atoms with van der Waals surface area (Å²) >= 11 is 0. The topological polar surface area (TPSA) is 82.5 Å². The molecule has 0 spiro atoms. The number of halogens is 6. The van der Waals surface area contributed by atoms with Crippen LogP contribution in [0.3, 0.4) is 0 Å². The zero-order chi connectivity index (χ0) is 18.0. The number of alkyl halides is 6. The van der Waals surface area contributed by atoms with Crippen molar-refractivity contribution in [2.45, 2.75) is 19.3 Å². The molecule has 1 rings (SSSR count). The molecule has 0 heterocycles. The summed E-state index contributed by atoms with van der Waals surface area (Å²) in [4.78, 5) is 11.1. The van der Waals surface area contributed by atoms with Crippen LogP contribution in [-0.2, 0) is 17.1 Å². The molecular weight excluding hydrogens is 330 g/mol. The highest BCUT2D eigenvalue weighted by molar-refractivity contribution is 5.95. The zero-order valence-electron chi connectivity index (χ0n) is 11.5. The second kappa shape index (κ2) is 6.26. The summed E-state index contributed by atoms with van der Waals surface area (Å²) < 4.78 is 77.3. The quantitative estimate of drug-likeness (QED) is 0.376. The molecule has 5 nitrogen and oxygen atoms in total. The van der Waals surface area contributed by atoms with Gasteiger partial charge in [-0.2, -0.15) is 36.5 Å². The van der Waals surface area contributed by atoms with Crippen LogP contribution in [0, 0.1) is 5.41 Å². The SMILES string of the molecule is CC(=O)N(/N=C/c1c(C(F)(F)F)cccc1C(F)(F)F)C(=N)N. The van der Waals surface area contributed by atoms with Gasteiger partial charge in [-0.3, -0.25) is 10.2 Å². The van der Waals surface area contributed by atoms with Crippen LogP contribution in [0.4, 0.5) is 26.3 Å². The molecule has 0 saturated heterocycles. The van der Waals surface area contributed by atoms with Gasteiger partial charge >= 0.3 is 12.4 Å². The number of nitrogens with one attached hydrogen (secondary N) is 1. The van der Waals surface area contributed by atoms with Crippen LogP contribution < -0.4 is 5.73 Å². The fraction of sp³-hybridized carbons (Fsp3) is 0.250. The first-order valence-corrected chi connectivity index (χ1v) is 5.81. The Kier molecular flexibility index (Phi) is 5.03. The number of carbonyl (C=O) groups is 1. The molecule has 0 aliphatic heterocycles. The minimum Gasteiger partial charge on any atom is -0.368 e. The van der Waals surface area contributed by atoms with Crippen molar-refractivity contribution in [3.63, 3.8) is 0 Å². The molecule has 0 bridgehead atoms. The molecule has 126 valence electrons. The number of amides is 1. The summed E-state index contributed by atoms with van der Waals surface area (Å²) in [6, 6.07) is 1.50. The van der Waals surface area contributed by atoms with Gasteiger partial charge < -0.3 is 5.73 Å². The molecule has 0 aliphatic rings. The average molecular weight is 340 g/mol. The first-order chi connectivity index (χ1) is 10.4. The van der Waals surface area contributed by atoms with E-state index in [-0.39, 0.29) is 11.2 Å². The molecule has 0 radical (unpaired) electrons. The number of nitrogens with zero attached hydrogens (tertiary/aromatic N) is 2. The summed E-state index contributed by atoms with van der Waals surface area (Å²) in [5.41, 5.74) is 0.541. The zero-order valence-corrected chi connectivity index (χ0v) is 11.5. The first kappa shape index (κ1) is 18.5. The lowest BCUT2D eigenvalue weighted by atomic mass is 10.0. The van der Waals surface area contributed by atoms with Crippen molar-refractivity contribution in [3.8, 4) is 0 Å². The van der Waals surface area contributed by atoms with E-state index in [4.69, 9.17) is 11.1 Å². The Labute approximate surface area is 125 Å². The molecule has 0 aliphatic carbocycles. The van der Waals surface area contributed by atoms with Gasteiger partial charge in [0.15, 0.2) is 0 Å². The van der Waals surface area contributed by atoms with Gasteiger partial charge in [-0.1, -0.05) is 6.07 Å². The highest BCUT2D eigenvalue weighted by atomic mass is 19.4. The van der Waals surface area contributed by atoms with Crippen LogP contribution >= 0.6 is 0 Å². The third-order valence-corrected chi connectivity index (χ3v) is 2.55. The van der Waals surface area contributed by atoms with Gasteiger partial charge in [-0.25, -0.2) is 0 Å². The number of guanidine groups is 1. The van der Waals surface area contributed by atoms with Gasteiger partial charge in [0.1, 0.15) is 0 Å². The van der Waals surface area contributed by atoms with Gasteiger partial charge in [0.05, 0.1) is 17.3 Å². The van der Waals surface area contributed by atoms with Gasteiger partial charge in [0, 0.05) is 12.5 Å². The molecule has 1 aromatic rings. The number of nitrogens with two attached hydrogens (primary N) is 1. The molecule has 23 heavy (non-hydrogen) atoms. The maximum Gasteiger partial charge on any atom is 0.417 e. The molecule has 0 fully saturated rings. The Morgan fingerprint density at radius 1 is 1.17 bits per heavy atom. The molecule has 0 atom stereocenters. The number of hydrazone groups is 1. The van der Waals surface area contributed by atoms with Crippen LogP contribution in [0.5, 0.6) is 0 Å². The van der Waals surface area contributed by atoms with E-state index in [2.05, 4.69) is 5.10 Å². The standard InChI is InChI=1S/C12H10F6N4O/c1-6(23)22(10(19)20)21-5-7-8(11(13,14)15)3-2-4-9(7)12(16,17)18/h2-5H,1H3,(H3,19,20)/b21-5+. The highest BCUT2D eigenvalue weighted by Gasteiger charge is 2.40. The highest BCUT2D eigenvalue weighted by Crippen LogP contribution is 2.38. The molecule has 1 amide bonds. The van der Waals surface area contributed by atoms with E-state index in [0.717, 1.165) is 6.92 Å². The summed E-state index contributed by atoms with van der Waals surface area (Å²) in [5, 5.41) is 10.3. The van der Waals surface area contributed by atoms with Crippen molar-refractivity contribution < 1.29 is 31.1 Å². The fourth-order valence-electron chi connectivity index (χ4n) is 1.63. The van der Waals surface area contributed by atoms with Gasteiger partial charge in [-0.05, 0) is 12.1 Å². The van der Waals surface area contributed by atoms with Gasteiger partial charge in [0.2, 0.25) is 11.9 Å². The van der Waals surface area contributed by atoms with Crippen LogP contribution in [0.1, 0.15) is 23.6 Å². The maximum absolute atomic E-state index is 12.9. The Hall–Kier alpha value is -2.59. The third kappa shape index (κ3) is 4.44. The number of hydrogen-bond donors (Lipinski definition) is 2. The first-order valence-electron chi connectivity index (χ1n) is 5.81. The Morgan fingerprint density at radius 2 is 1.61 bits per heavy atom. The van der Waals surface area contributed by atoms with Crippen molar-refractivity contribution in [3.05, 3.63) is 34.9 Å². The van der Waals surface area contributed by atoms with Crippen LogP contribution in [-0.4, -0.2) is 23.1 Å². The number of carbonyl (C=O) groups excluding carboxylic acids is 1. The van der Waals surface area contributed by atoms with Crippen LogP contribution in [0.15, 0.2) is 23.3 Å². The van der Waals surface area contributed by atoms with Crippen LogP contribution in [0.25, 0.3) is 0 Å². The van der Waals surface area contributed by atoms with Crippen molar-refractivity contribution in [1.29, 1.82) is 5.41 Å². The normalized spacial score (nSPS) is 12.5. The predicted molar refractivity (Wildman–Crippen MR) is 68.5 cm³/mol. The largest absolute Gasteiger partial charge is 0.417 e. The van der Waals surface area contributed by atoms with E-state index >= 15 is 0 Å². The maximum atomic E-state index is 12.9. The average Bonchev–Trinajstić information content (AvgIpc) is 2.35. The summed E-state index contributed by atoms with van der Waals surface area (Å²) in [6.45, 7) is 0.888.